The summed E-state index contributed by atoms with van der Waals surface area (Å²) in [6.45, 7) is 6.44. The molecule has 104 valence electrons. The number of thioether (sulfide) groups is 1. The van der Waals surface area contributed by atoms with E-state index in [1.807, 2.05) is 18.8 Å². The second kappa shape index (κ2) is 14.4. The highest BCUT2D eigenvalue weighted by molar-refractivity contribution is 14.0. The van der Waals surface area contributed by atoms with Gasteiger partial charge in [0.2, 0.25) is 0 Å². The van der Waals surface area contributed by atoms with Crippen LogP contribution in [0.15, 0.2) is 4.99 Å². The van der Waals surface area contributed by atoms with Gasteiger partial charge in [0.1, 0.15) is 0 Å². The molecule has 0 heterocycles. The molecule has 0 spiro atoms. The van der Waals surface area contributed by atoms with Crippen LogP contribution in [-0.2, 0) is 0 Å². The molecule has 0 aliphatic carbocycles. The maximum Gasteiger partial charge on any atom is 0.191 e. The Morgan fingerprint density at radius 2 is 1.94 bits per heavy atom. The van der Waals surface area contributed by atoms with Crippen molar-refractivity contribution in [2.75, 3.05) is 26.4 Å². The third-order valence-electron chi connectivity index (χ3n) is 2.51. The predicted molar refractivity (Wildman–Crippen MR) is 91.9 cm³/mol. The zero-order valence-electron chi connectivity index (χ0n) is 11.6. The molecule has 17 heavy (non-hydrogen) atoms. The van der Waals surface area contributed by atoms with Crippen molar-refractivity contribution >= 4 is 41.7 Å². The zero-order valence-corrected chi connectivity index (χ0v) is 14.7. The minimum absolute atomic E-state index is 0. The molecule has 0 saturated carbocycles. The van der Waals surface area contributed by atoms with Crippen molar-refractivity contribution in [1.29, 1.82) is 0 Å². The first kappa shape index (κ1) is 19.7. The fourth-order valence-corrected chi connectivity index (χ4v) is 1.55. The van der Waals surface area contributed by atoms with Gasteiger partial charge in [0.05, 0.1) is 0 Å². The first-order chi connectivity index (χ1) is 7.74. The van der Waals surface area contributed by atoms with Gasteiger partial charge in [0.15, 0.2) is 5.96 Å². The van der Waals surface area contributed by atoms with Crippen LogP contribution in [0.25, 0.3) is 0 Å². The van der Waals surface area contributed by atoms with Crippen LogP contribution in [-0.4, -0.2) is 37.6 Å². The summed E-state index contributed by atoms with van der Waals surface area (Å²) in [4.78, 5) is 4.20. The second-order valence-corrected chi connectivity index (χ2v) is 5.26. The van der Waals surface area contributed by atoms with Crippen LogP contribution in [0.4, 0.5) is 0 Å². The highest BCUT2D eigenvalue weighted by Gasteiger charge is 2.01. The third kappa shape index (κ3) is 12.6. The Bertz CT molecular complexity index is 189. The Balaban J connectivity index is 0. The number of guanidine groups is 1. The number of unbranched alkanes of at least 4 members (excludes halogenated alkanes) is 3. The number of hydrogen-bond acceptors (Lipinski definition) is 2. The van der Waals surface area contributed by atoms with Gasteiger partial charge in [-0.05, 0) is 12.7 Å². The molecule has 0 fully saturated rings. The van der Waals surface area contributed by atoms with Crippen molar-refractivity contribution in [1.82, 2.24) is 10.6 Å². The SMILES string of the molecule is CCCCCCNC(=NC)NCC(C)SC.I. The van der Waals surface area contributed by atoms with Gasteiger partial charge in [-0.2, -0.15) is 11.8 Å². The maximum atomic E-state index is 4.20. The predicted octanol–water partition coefficient (Wildman–Crippen LogP) is 3.10. The van der Waals surface area contributed by atoms with Gasteiger partial charge in [-0.1, -0.05) is 33.1 Å². The van der Waals surface area contributed by atoms with Crippen LogP contribution in [0.1, 0.15) is 39.5 Å². The summed E-state index contributed by atoms with van der Waals surface area (Å²) in [5.74, 6) is 0.928. The summed E-state index contributed by atoms with van der Waals surface area (Å²) in [6.07, 6.45) is 7.29. The molecule has 1 atom stereocenters. The van der Waals surface area contributed by atoms with Gasteiger partial charge >= 0.3 is 0 Å². The molecule has 0 bridgehead atoms. The van der Waals surface area contributed by atoms with Crippen molar-refractivity contribution in [3.05, 3.63) is 0 Å². The Kier molecular flexibility index (Phi) is 16.7. The van der Waals surface area contributed by atoms with Gasteiger partial charge < -0.3 is 10.6 Å². The van der Waals surface area contributed by atoms with E-state index in [-0.39, 0.29) is 24.0 Å². The van der Waals surface area contributed by atoms with Crippen molar-refractivity contribution < 1.29 is 0 Å². The van der Waals surface area contributed by atoms with Crippen molar-refractivity contribution in [2.24, 2.45) is 4.99 Å². The quantitative estimate of drug-likeness (QED) is 0.297. The van der Waals surface area contributed by atoms with Crippen molar-refractivity contribution in [3.63, 3.8) is 0 Å². The first-order valence-electron chi connectivity index (χ1n) is 6.21. The monoisotopic (exact) mass is 373 g/mol. The molecule has 0 aromatic heterocycles. The fraction of sp³-hybridized carbons (Fsp3) is 0.917. The van der Waals surface area contributed by atoms with Gasteiger partial charge in [0.25, 0.3) is 0 Å². The Hall–Kier alpha value is 0.350. The lowest BCUT2D eigenvalue weighted by molar-refractivity contribution is 0.647. The molecule has 0 rings (SSSR count). The van der Waals surface area contributed by atoms with Crippen molar-refractivity contribution in [3.8, 4) is 0 Å². The van der Waals surface area contributed by atoms with E-state index in [0.717, 1.165) is 19.0 Å². The number of halogens is 1. The smallest absolute Gasteiger partial charge is 0.191 e. The van der Waals surface area contributed by atoms with E-state index < -0.39 is 0 Å². The Morgan fingerprint density at radius 1 is 1.24 bits per heavy atom. The van der Waals surface area contributed by atoms with Gasteiger partial charge in [0, 0.05) is 25.4 Å². The number of aliphatic imine (C=N–C) groups is 1. The average molecular weight is 373 g/mol. The van der Waals surface area contributed by atoms with Crippen LogP contribution in [0.5, 0.6) is 0 Å². The van der Waals surface area contributed by atoms with Crippen LogP contribution >= 0.6 is 35.7 Å². The lowest BCUT2D eigenvalue weighted by Gasteiger charge is -2.14. The first-order valence-corrected chi connectivity index (χ1v) is 7.50. The second-order valence-electron chi connectivity index (χ2n) is 3.99. The van der Waals surface area contributed by atoms with Crippen LogP contribution in [0.2, 0.25) is 0 Å². The molecular weight excluding hydrogens is 345 g/mol. The zero-order chi connectivity index (χ0) is 12.2. The van der Waals surface area contributed by atoms with E-state index >= 15 is 0 Å². The molecular formula is C12H28IN3S. The maximum absolute atomic E-state index is 4.20. The molecule has 3 nitrogen and oxygen atoms in total. The number of nitrogens with zero attached hydrogens (tertiary/aromatic N) is 1. The van der Waals surface area contributed by atoms with E-state index in [4.69, 9.17) is 0 Å². The van der Waals surface area contributed by atoms with E-state index in [1.165, 1.54) is 25.7 Å². The molecule has 0 amide bonds. The summed E-state index contributed by atoms with van der Waals surface area (Å²) >= 11 is 1.87. The van der Waals surface area contributed by atoms with Crippen LogP contribution in [0, 0.1) is 0 Å². The van der Waals surface area contributed by atoms with E-state index in [1.54, 1.807) is 0 Å². The summed E-state index contributed by atoms with van der Waals surface area (Å²) < 4.78 is 0. The normalized spacial score (nSPS) is 12.8. The minimum Gasteiger partial charge on any atom is -0.356 e. The highest BCUT2D eigenvalue weighted by Crippen LogP contribution is 2.02. The van der Waals surface area contributed by atoms with Gasteiger partial charge in [-0.25, -0.2) is 0 Å². The van der Waals surface area contributed by atoms with Crippen LogP contribution < -0.4 is 10.6 Å². The standard InChI is InChI=1S/C12H27N3S.HI/c1-5-6-7-8-9-14-12(13-3)15-10-11(2)16-4;/h11H,5-10H2,1-4H3,(H2,13,14,15);1H. The summed E-state index contributed by atoms with van der Waals surface area (Å²) in [5, 5.41) is 7.29. The van der Waals surface area contributed by atoms with E-state index in [0.29, 0.717) is 5.25 Å². The lowest BCUT2D eigenvalue weighted by atomic mass is 10.2. The summed E-state index contributed by atoms with van der Waals surface area (Å²) in [7, 11) is 1.82. The van der Waals surface area contributed by atoms with Crippen molar-refractivity contribution in [2.45, 2.75) is 44.8 Å². The molecule has 0 radical (unpaired) electrons. The molecule has 0 aliphatic heterocycles. The van der Waals surface area contributed by atoms with Gasteiger partial charge in [-0.3, -0.25) is 4.99 Å². The number of rotatable bonds is 8. The van der Waals surface area contributed by atoms with E-state index in [9.17, 15) is 0 Å². The van der Waals surface area contributed by atoms with Crippen LogP contribution in [0.3, 0.4) is 0 Å². The van der Waals surface area contributed by atoms with Gasteiger partial charge in [-0.15, -0.1) is 24.0 Å². The lowest BCUT2D eigenvalue weighted by Crippen LogP contribution is -2.40. The Morgan fingerprint density at radius 3 is 2.47 bits per heavy atom. The number of nitrogens with one attached hydrogen (secondary N) is 2. The molecule has 1 unspecified atom stereocenters. The number of hydrogen-bond donors (Lipinski definition) is 2. The highest BCUT2D eigenvalue weighted by atomic mass is 127. The molecule has 0 saturated heterocycles. The average Bonchev–Trinajstić information content (AvgIpc) is 2.32. The molecule has 0 aromatic rings. The topological polar surface area (TPSA) is 36.4 Å². The summed E-state index contributed by atoms with van der Waals surface area (Å²) in [6, 6.07) is 0. The van der Waals surface area contributed by atoms with E-state index in [2.05, 4.69) is 35.7 Å². The fourth-order valence-electron chi connectivity index (χ4n) is 1.30. The molecule has 0 aromatic carbocycles. The molecule has 0 aliphatic rings. The minimum atomic E-state index is 0. The largest absolute Gasteiger partial charge is 0.356 e. The third-order valence-corrected chi connectivity index (χ3v) is 3.48. The summed E-state index contributed by atoms with van der Waals surface area (Å²) in [5.41, 5.74) is 0. The molecule has 2 N–H and O–H groups in total. The Labute approximate surface area is 128 Å². The molecule has 5 heteroatoms.